The molecule has 0 amide bonds. The molecule has 20 aromatic carbocycles. The number of thiophene rings is 2. The fourth-order valence-corrected chi connectivity index (χ4v) is 23.8. The van der Waals surface area contributed by atoms with E-state index in [0.717, 1.165) is 172 Å². The highest BCUT2D eigenvalue weighted by atomic mass is 32.1. The molecule has 28 rings (SSSR count). The lowest BCUT2D eigenvalue weighted by atomic mass is 9.95. The molecule has 8 heterocycles. The maximum Gasteiger partial charge on any atom is 0.235 e. The molecule has 642 valence electrons. The first-order chi connectivity index (χ1) is 68.4. The Hall–Kier alpha value is -17.8. The molecule has 138 heavy (non-hydrogen) atoms. The first-order valence-corrected chi connectivity index (χ1v) is 48.5. The van der Waals surface area contributed by atoms with E-state index in [0.29, 0.717) is 11.9 Å². The van der Waals surface area contributed by atoms with Crippen molar-refractivity contribution in [3.8, 4) is 146 Å². The minimum atomic E-state index is 0.599. The Labute approximate surface area is 801 Å². The highest BCUT2D eigenvalue weighted by Gasteiger charge is 2.26. The molecule has 10 heteroatoms. The van der Waals surface area contributed by atoms with Crippen LogP contribution in [0, 0.1) is 0 Å². The van der Waals surface area contributed by atoms with E-state index in [2.05, 4.69) is 491 Å². The average Bonchev–Trinajstić information content (AvgIpc) is 1.55. The van der Waals surface area contributed by atoms with Crippen LogP contribution >= 0.6 is 22.7 Å². The van der Waals surface area contributed by atoms with Crippen molar-refractivity contribution in [3.63, 3.8) is 0 Å². The molecule has 28 aromatic rings. The number of hydrogen-bond acceptors (Lipinski definition) is 6. The summed E-state index contributed by atoms with van der Waals surface area (Å²) in [5.74, 6) is 1.20. The van der Waals surface area contributed by atoms with Crippen LogP contribution < -0.4 is 0 Å². The summed E-state index contributed by atoms with van der Waals surface area (Å²) in [4.78, 5) is 22.1. The predicted molar refractivity (Wildman–Crippen MR) is 581 cm³/mol. The first-order valence-electron chi connectivity index (χ1n) is 46.8. The van der Waals surface area contributed by atoms with Gasteiger partial charge in [0, 0.05) is 117 Å². The highest BCUT2D eigenvalue weighted by molar-refractivity contribution is 7.26. The van der Waals surface area contributed by atoms with Crippen LogP contribution in [0.15, 0.2) is 473 Å². The number of rotatable bonds is 15. The van der Waals surface area contributed by atoms with E-state index in [9.17, 15) is 0 Å². The Morgan fingerprint density at radius 2 is 0.420 bits per heavy atom. The summed E-state index contributed by atoms with van der Waals surface area (Å²) in [6.07, 6.45) is 0. The van der Waals surface area contributed by atoms with Crippen LogP contribution in [0.25, 0.3) is 274 Å². The standard InChI is InChI=1S/C128H78N8S2/c1-7-27-79(28-8-1)83-35-23-37-93(67-83)111-78-112(94-38-24-36-84(68-94)80-29-9-2-10-30-80)132-128(131-111)135-114-48-22-20-44-100(114)102-69-85(52-60-117(102)135)88-57-65-121-107(72-88)126-98(46-26-50-124(126)137-121)92-56-64-116-104(75-92)101-59-51-90(76-120(101)134(116)96-41-17-6-18-42-96)87-54-62-119-106(71-87)105-70-86(53-61-118(105)136(119)127-129-109(81-31-11-3-12-32-81)77-110(130-127)82-33-13-4-14-34-82)89-58-66-122-108(73-89)125-97(45-25-49-123(125)138-122)91-55-63-115-103(74-91)99-43-19-21-47-113(99)133(115)95-39-15-5-16-40-95/h1-78H. The third-order valence-corrected chi connectivity index (χ3v) is 30.3. The molecule has 0 aliphatic heterocycles. The normalized spacial score (nSPS) is 11.9. The Balaban J connectivity index is 0.563. The Kier molecular flexibility index (Phi) is 18.3. The fraction of sp³-hybridized carbons (Fsp3) is 0. The number of nitrogens with zero attached hydrogens (tertiary/aromatic N) is 8. The van der Waals surface area contributed by atoms with Crippen molar-refractivity contribution in [1.29, 1.82) is 0 Å². The van der Waals surface area contributed by atoms with Crippen LogP contribution in [0.2, 0.25) is 0 Å². The van der Waals surface area contributed by atoms with E-state index in [1.807, 2.05) is 22.7 Å². The topological polar surface area (TPSA) is 71.3 Å². The van der Waals surface area contributed by atoms with Crippen LogP contribution in [-0.2, 0) is 0 Å². The quantitative estimate of drug-likeness (QED) is 0.103. The molecule has 0 saturated heterocycles. The number of para-hydroxylation sites is 4. The molecule has 0 aliphatic carbocycles. The molecule has 0 N–H and O–H groups in total. The minimum absolute atomic E-state index is 0.599. The number of aromatic nitrogens is 8. The summed E-state index contributed by atoms with van der Waals surface area (Å²) in [5.41, 5.74) is 34.4. The van der Waals surface area contributed by atoms with Gasteiger partial charge in [0.25, 0.3) is 0 Å². The number of benzene rings is 20. The number of fused-ring (bicyclic) bond motifs is 18. The molecular weight excluding hydrogens is 1710 g/mol. The van der Waals surface area contributed by atoms with Gasteiger partial charge in [0.1, 0.15) is 0 Å². The molecule has 0 spiro atoms. The second-order valence-corrected chi connectivity index (χ2v) is 38.1. The van der Waals surface area contributed by atoms with Gasteiger partial charge in [0.2, 0.25) is 11.9 Å². The van der Waals surface area contributed by atoms with Gasteiger partial charge in [-0.2, -0.15) is 0 Å². The van der Waals surface area contributed by atoms with Crippen molar-refractivity contribution in [2.75, 3.05) is 0 Å². The third kappa shape index (κ3) is 13.1. The Morgan fingerprint density at radius 3 is 0.848 bits per heavy atom. The van der Waals surface area contributed by atoms with E-state index in [4.69, 9.17) is 19.9 Å². The molecule has 0 radical (unpaired) electrons. The van der Waals surface area contributed by atoms with Crippen LogP contribution in [0.5, 0.6) is 0 Å². The minimum Gasteiger partial charge on any atom is -0.309 e. The fourth-order valence-electron chi connectivity index (χ4n) is 21.5. The summed E-state index contributed by atoms with van der Waals surface area (Å²) in [6, 6.07) is 173. The van der Waals surface area contributed by atoms with E-state index in [-0.39, 0.29) is 0 Å². The Bertz CT molecular complexity index is 9680. The van der Waals surface area contributed by atoms with Gasteiger partial charge < -0.3 is 9.13 Å². The lowest BCUT2D eigenvalue weighted by molar-refractivity contribution is 0.995. The molecule has 0 unspecified atom stereocenters. The molecule has 0 saturated carbocycles. The van der Waals surface area contributed by atoms with Crippen LogP contribution in [0.1, 0.15) is 0 Å². The van der Waals surface area contributed by atoms with Crippen molar-refractivity contribution in [3.05, 3.63) is 473 Å². The lowest BCUT2D eigenvalue weighted by Gasteiger charge is -2.13. The first kappa shape index (κ1) is 78.8. The smallest absolute Gasteiger partial charge is 0.235 e. The van der Waals surface area contributed by atoms with E-state index in [1.165, 1.54) is 89.6 Å². The van der Waals surface area contributed by atoms with E-state index < -0.39 is 0 Å². The molecule has 8 nitrogen and oxygen atoms in total. The van der Waals surface area contributed by atoms with Crippen molar-refractivity contribution < 1.29 is 0 Å². The van der Waals surface area contributed by atoms with E-state index >= 15 is 0 Å². The summed E-state index contributed by atoms with van der Waals surface area (Å²) < 4.78 is 14.4. The maximum atomic E-state index is 5.54. The Morgan fingerprint density at radius 1 is 0.145 bits per heavy atom. The second-order valence-electron chi connectivity index (χ2n) is 35.9. The van der Waals surface area contributed by atoms with Gasteiger partial charge in [0.15, 0.2) is 0 Å². The summed E-state index contributed by atoms with van der Waals surface area (Å²) in [5, 5.41) is 14.3. The van der Waals surface area contributed by atoms with Crippen LogP contribution in [0.4, 0.5) is 0 Å². The zero-order valence-corrected chi connectivity index (χ0v) is 76.1. The van der Waals surface area contributed by atoms with Crippen LogP contribution in [-0.4, -0.2) is 38.2 Å². The molecule has 0 aliphatic rings. The predicted octanol–water partition coefficient (Wildman–Crippen LogP) is 34.7. The molecule has 0 atom stereocenters. The third-order valence-electron chi connectivity index (χ3n) is 28.0. The summed E-state index contributed by atoms with van der Waals surface area (Å²) in [6.45, 7) is 0. The highest BCUT2D eigenvalue weighted by Crippen LogP contribution is 2.50. The average molecular weight is 1790 g/mol. The van der Waals surface area contributed by atoms with Gasteiger partial charge in [-0.05, 0) is 242 Å². The molecular formula is C128H78N8S2. The van der Waals surface area contributed by atoms with Crippen molar-refractivity contribution in [2.45, 2.75) is 0 Å². The maximum absolute atomic E-state index is 5.54. The van der Waals surface area contributed by atoms with Gasteiger partial charge in [-0.25, -0.2) is 19.9 Å². The van der Waals surface area contributed by atoms with Gasteiger partial charge >= 0.3 is 0 Å². The van der Waals surface area contributed by atoms with Gasteiger partial charge in [-0.15, -0.1) is 22.7 Å². The molecule has 0 fully saturated rings. The zero-order valence-electron chi connectivity index (χ0n) is 74.4. The molecule has 0 bridgehead atoms. The van der Waals surface area contributed by atoms with Gasteiger partial charge in [-0.1, -0.05) is 309 Å². The summed E-state index contributed by atoms with van der Waals surface area (Å²) in [7, 11) is 0. The van der Waals surface area contributed by atoms with Gasteiger partial charge in [0.05, 0.1) is 66.9 Å². The molecule has 8 aromatic heterocycles. The van der Waals surface area contributed by atoms with Crippen molar-refractivity contribution >= 4 is 150 Å². The monoisotopic (exact) mass is 1790 g/mol. The second kappa shape index (κ2) is 32.0. The number of hydrogen-bond donors (Lipinski definition) is 0. The van der Waals surface area contributed by atoms with E-state index in [1.54, 1.807) is 0 Å². The SMILES string of the molecule is c1ccc(-c2cccc(-c3cc(-c4cccc(-c5ccccc5)c4)nc(-n4c5ccccc5c5cc(-c6ccc7sc8cccc(-c9ccc%10c(c9)c9ccc(-c%11ccc%12c(c%11)c%11cc(-c%13ccc%14sc%15cccc(-c%16ccc%17c(c%16)c%16ccccc%16n%17-c%16ccccc%16)c%15c%14c%13)ccc%11n%12-c%11nc(-c%12ccccc%12)cc(-c%12ccccc%12)n%11)cc9n%10-c9ccccc9)c8c7c6)ccc54)n3)c2)cc1. The van der Waals surface area contributed by atoms with Crippen molar-refractivity contribution in [1.82, 2.24) is 38.2 Å². The van der Waals surface area contributed by atoms with Crippen molar-refractivity contribution in [2.24, 2.45) is 0 Å². The summed E-state index contributed by atoms with van der Waals surface area (Å²) >= 11 is 3.72. The lowest BCUT2D eigenvalue weighted by Crippen LogP contribution is -2.04. The van der Waals surface area contributed by atoms with Gasteiger partial charge in [-0.3, -0.25) is 9.13 Å². The largest absolute Gasteiger partial charge is 0.309 e. The van der Waals surface area contributed by atoms with Crippen LogP contribution in [0.3, 0.4) is 0 Å². The zero-order chi connectivity index (χ0) is 90.6.